The van der Waals surface area contributed by atoms with Crippen molar-refractivity contribution in [3.8, 4) is 0 Å². The van der Waals surface area contributed by atoms with E-state index >= 15 is 0 Å². The first-order valence-corrected chi connectivity index (χ1v) is 8.69. The van der Waals surface area contributed by atoms with Crippen LogP contribution in [0.3, 0.4) is 0 Å². The summed E-state index contributed by atoms with van der Waals surface area (Å²) in [7, 11) is 1.88. The molecule has 132 valence electrons. The second-order valence-electron chi connectivity index (χ2n) is 6.56. The summed E-state index contributed by atoms with van der Waals surface area (Å²) in [6.07, 6.45) is 9.65. The van der Waals surface area contributed by atoms with Crippen LogP contribution in [0, 0.1) is 5.92 Å². The highest BCUT2D eigenvalue weighted by Crippen LogP contribution is 2.33. The lowest BCUT2D eigenvalue weighted by Crippen LogP contribution is -2.42. The molecule has 1 amide bonds. The monoisotopic (exact) mass is 342 g/mol. The number of hydrogen-bond donors (Lipinski definition) is 0. The van der Waals surface area contributed by atoms with Gasteiger partial charge in [0, 0.05) is 56.6 Å². The third kappa shape index (κ3) is 3.21. The SMILES string of the molecule is Cn1cc(C2CCON2C(=O)C2CCN(c3ncccn3)CC2)cn1. The quantitative estimate of drug-likeness (QED) is 0.838. The number of rotatable bonds is 3. The van der Waals surface area contributed by atoms with Gasteiger partial charge >= 0.3 is 0 Å². The molecule has 2 aromatic rings. The van der Waals surface area contributed by atoms with Crippen LogP contribution in [0.25, 0.3) is 0 Å². The minimum atomic E-state index is -0.0308. The highest BCUT2D eigenvalue weighted by atomic mass is 16.7. The number of aryl methyl sites for hydroxylation is 1. The molecule has 0 radical (unpaired) electrons. The number of hydrogen-bond acceptors (Lipinski definition) is 6. The van der Waals surface area contributed by atoms with Gasteiger partial charge in [-0.25, -0.2) is 15.0 Å². The maximum atomic E-state index is 13.0. The van der Waals surface area contributed by atoms with Gasteiger partial charge in [-0.2, -0.15) is 5.10 Å². The Hall–Kier alpha value is -2.48. The molecule has 2 fully saturated rings. The van der Waals surface area contributed by atoms with Gasteiger partial charge in [-0.3, -0.25) is 14.3 Å². The third-order valence-electron chi connectivity index (χ3n) is 4.91. The smallest absolute Gasteiger partial charge is 0.249 e. The number of carbonyl (C=O) groups excluding carboxylic acids is 1. The second-order valence-corrected chi connectivity index (χ2v) is 6.56. The zero-order chi connectivity index (χ0) is 17.2. The van der Waals surface area contributed by atoms with E-state index in [9.17, 15) is 4.79 Å². The molecule has 8 nitrogen and oxygen atoms in total. The number of amides is 1. The van der Waals surface area contributed by atoms with Crippen molar-refractivity contribution in [1.29, 1.82) is 0 Å². The Balaban J connectivity index is 1.40. The summed E-state index contributed by atoms with van der Waals surface area (Å²) >= 11 is 0. The third-order valence-corrected chi connectivity index (χ3v) is 4.91. The van der Waals surface area contributed by atoms with Gasteiger partial charge in [-0.1, -0.05) is 0 Å². The van der Waals surface area contributed by atoms with Crippen molar-refractivity contribution in [3.63, 3.8) is 0 Å². The maximum absolute atomic E-state index is 13.0. The summed E-state index contributed by atoms with van der Waals surface area (Å²) in [5.41, 5.74) is 1.03. The Labute approximate surface area is 146 Å². The van der Waals surface area contributed by atoms with Gasteiger partial charge in [0.1, 0.15) is 0 Å². The molecule has 1 unspecified atom stereocenters. The Bertz CT molecular complexity index is 726. The molecule has 8 heteroatoms. The summed E-state index contributed by atoms with van der Waals surface area (Å²) < 4.78 is 1.76. The maximum Gasteiger partial charge on any atom is 0.249 e. The highest BCUT2D eigenvalue weighted by Gasteiger charge is 2.37. The molecule has 0 saturated carbocycles. The summed E-state index contributed by atoms with van der Waals surface area (Å²) in [5, 5.41) is 5.79. The lowest BCUT2D eigenvalue weighted by atomic mass is 9.95. The summed E-state index contributed by atoms with van der Waals surface area (Å²) in [4.78, 5) is 29.3. The average Bonchev–Trinajstić information content (AvgIpc) is 3.31. The zero-order valence-electron chi connectivity index (χ0n) is 14.3. The van der Waals surface area contributed by atoms with E-state index in [-0.39, 0.29) is 17.9 Å². The van der Waals surface area contributed by atoms with E-state index in [1.807, 2.05) is 25.5 Å². The van der Waals surface area contributed by atoms with Gasteiger partial charge in [0.05, 0.1) is 18.8 Å². The number of nitrogens with zero attached hydrogens (tertiary/aromatic N) is 6. The van der Waals surface area contributed by atoms with Crippen LogP contribution in [-0.4, -0.2) is 50.4 Å². The van der Waals surface area contributed by atoms with E-state index in [4.69, 9.17) is 4.84 Å². The molecule has 4 heterocycles. The Morgan fingerprint density at radius 2 is 1.96 bits per heavy atom. The molecule has 25 heavy (non-hydrogen) atoms. The van der Waals surface area contributed by atoms with Gasteiger partial charge in [-0.05, 0) is 18.9 Å². The fourth-order valence-electron chi connectivity index (χ4n) is 3.56. The Kier molecular flexibility index (Phi) is 4.35. The number of anilines is 1. The van der Waals surface area contributed by atoms with Gasteiger partial charge < -0.3 is 4.90 Å². The summed E-state index contributed by atoms with van der Waals surface area (Å²) in [6, 6.07) is 1.78. The fraction of sp³-hybridized carbons (Fsp3) is 0.529. The number of aromatic nitrogens is 4. The van der Waals surface area contributed by atoms with Crippen LogP contribution in [0.1, 0.15) is 30.9 Å². The van der Waals surface area contributed by atoms with E-state index in [1.54, 1.807) is 22.1 Å². The lowest BCUT2D eigenvalue weighted by Gasteiger charge is -2.33. The van der Waals surface area contributed by atoms with E-state index in [0.29, 0.717) is 6.61 Å². The molecule has 0 bridgehead atoms. The first kappa shape index (κ1) is 16.0. The molecule has 2 aliphatic heterocycles. The number of carbonyl (C=O) groups is 1. The minimum absolute atomic E-state index is 0.0165. The largest absolute Gasteiger partial charge is 0.341 e. The van der Waals surface area contributed by atoms with Crippen LogP contribution < -0.4 is 4.90 Å². The van der Waals surface area contributed by atoms with Gasteiger partial charge in [0.2, 0.25) is 11.9 Å². The molecular weight excluding hydrogens is 320 g/mol. The van der Waals surface area contributed by atoms with Crippen molar-refractivity contribution in [2.45, 2.75) is 25.3 Å². The van der Waals surface area contributed by atoms with Crippen LogP contribution >= 0.6 is 0 Å². The van der Waals surface area contributed by atoms with Crippen molar-refractivity contribution in [2.24, 2.45) is 13.0 Å². The standard InChI is InChI=1S/C17H22N6O2/c1-21-12-14(11-20-21)15-5-10-25-23(15)16(24)13-3-8-22(9-4-13)17-18-6-2-7-19-17/h2,6-7,11-13,15H,3-5,8-10H2,1H3. The molecule has 0 aromatic carbocycles. The first-order chi connectivity index (χ1) is 12.2. The lowest BCUT2D eigenvalue weighted by molar-refractivity contribution is -0.182. The number of piperidine rings is 1. The normalized spacial score (nSPS) is 21.7. The van der Waals surface area contributed by atoms with Crippen LogP contribution in [0.2, 0.25) is 0 Å². The predicted molar refractivity (Wildman–Crippen MR) is 90.3 cm³/mol. The average molecular weight is 342 g/mol. The summed E-state index contributed by atoms with van der Waals surface area (Å²) in [6.45, 7) is 2.14. The van der Waals surface area contributed by atoms with Crippen molar-refractivity contribution in [3.05, 3.63) is 36.4 Å². The van der Waals surface area contributed by atoms with Crippen molar-refractivity contribution < 1.29 is 9.63 Å². The van der Waals surface area contributed by atoms with E-state index < -0.39 is 0 Å². The van der Waals surface area contributed by atoms with Crippen LogP contribution in [0.5, 0.6) is 0 Å². The highest BCUT2D eigenvalue weighted by molar-refractivity contribution is 5.78. The van der Waals surface area contributed by atoms with Gasteiger partial charge in [0.15, 0.2) is 0 Å². The van der Waals surface area contributed by atoms with E-state index in [1.165, 1.54) is 0 Å². The van der Waals surface area contributed by atoms with Gasteiger partial charge in [0.25, 0.3) is 0 Å². The second kappa shape index (κ2) is 6.79. The van der Waals surface area contributed by atoms with Crippen LogP contribution in [0.4, 0.5) is 5.95 Å². The summed E-state index contributed by atoms with van der Waals surface area (Å²) in [5.74, 6) is 0.802. The topological polar surface area (TPSA) is 76.4 Å². The molecule has 2 saturated heterocycles. The fourth-order valence-corrected chi connectivity index (χ4v) is 3.56. The molecule has 1 atom stereocenters. The van der Waals surface area contributed by atoms with E-state index in [0.717, 1.165) is 43.9 Å². The molecule has 0 N–H and O–H groups in total. The molecule has 0 spiro atoms. The van der Waals surface area contributed by atoms with Crippen molar-refractivity contribution in [2.75, 3.05) is 24.6 Å². The molecule has 2 aromatic heterocycles. The van der Waals surface area contributed by atoms with Crippen molar-refractivity contribution >= 4 is 11.9 Å². The van der Waals surface area contributed by atoms with Gasteiger partial charge in [-0.15, -0.1) is 0 Å². The predicted octanol–water partition coefficient (Wildman–Crippen LogP) is 1.33. The number of hydroxylamine groups is 2. The van der Waals surface area contributed by atoms with Crippen LogP contribution in [0.15, 0.2) is 30.9 Å². The van der Waals surface area contributed by atoms with Crippen molar-refractivity contribution in [1.82, 2.24) is 24.8 Å². The molecule has 2 aliphatic rings. The molecule has 4 rings (SSSR count). The molecule has 0 aliphatic carbocycles. The minimum Gasteiger partial charge on any atom is -0.341 e. The van der Waals surface area contributed by atoms with Crippen LogP contribution in [-0.2, 0) is 16.7 Å². The molecular formula is C17H22N6O2. The Morgan fingerprint density at radius 3 is 2.64 bits per heavy atom. The first-order valence-electron chi connectivity index (χ1n) is 8.69. The zero-order valence-corrected chi connectivity index (χ0v) is 14.3. The van der Waals surface area contributed by atoms with E-state index in [2.05, 4.69) is 20.0 Å². The Morgan fingerprint density at radius 1 is 1.20 bits per heavy atom.